The number of carboxylic acid groups (broad SMARTS) is 1. The number of nitrogens with one attached hydrogen (secondary N) is 1. The van der Waals surface area contributed by atoms with E-state index in [4.69, 9.17) is 10.8 Å². The molecular weight excluding hydrogens is 270 g/mol. The van der Waals surface area contributed by atoms with Gasteiger partial charge in [-0.3, -0.25) is 4.79 Å². The molecular formula is C15H21N3O3. The Bertz CT molecular complexity index is 525. The Morgan fingerprint density at radius 2 is 1.95 bits per heavy atom. The Morgan fingerprint density at radius 1 is 1.24 bits per heavy atom. The van der Waals surface area contributed by atoms with Gasteiger partial charge in [-0.1, -0.05) is 0 Å². The summed E-state index contributed by atoms with van der Waals surface area (Å²) in [6, 6.07) is 4.68. The highest BCUT2D eigenvalue weighted by atomic mass is 16.4. The Balaban J connectivity index is 1.88. The normalized spacial score (nSPS) is 14.8. The van der Waals surface area contributed by atoms with Crippen LogP contribution in [0.5, 0.6) is 0 Å². The van der Waals surface area contributed by atoms with Crippen molar-refractivity contribution in [2.75, 3.05) is 30.7 Å². The molecule has 6 nitrogen and oxygen atoms in total. The molecule has 21 heavy (non-hydrogen) atoms. The third kappa shape index (κ3) is 4.11. The molecule has 0 unspecified atom stereocenters. The summed E-state index contributed by atoms with van der Waals surface area (Å²) in [5, 5.41) is 12.1. The number of anilines is 2. The lowest BCUT2D eigenvalue weighted by molar-refractivity contribution is -0.131. The maximum absolute atomic E-state index is 12.0. The molecule has 4 N–H and O–H groups in total. The maximum atomic E-state index is 12.0. The molecule has 1 aliphatic heterocycles. The van der Waals surface area contributed by atoms with E-state index >= 15 is 0 Å². The molecule has 1 aromatic carbocycles. The summed E-state index contributed by atoms with van der Waals surface area (Å²) >= 11 is 0. The van der Waals surface area contributed by atoms with Gasteiger partial charge in [-0.05, 0) is 37.5 Å². The Hall–Kier alpha value is -2.24. The molecule has 114 valence electrons. The fraction of sp³-hybridized carbons (Fsp3) is 0.467. The van der Waals surface area contributed by atoms with E-state index in [1.54, 1.807) is 12.1 Å². The fourth-order valence-corrected chi connectivity index (χ4v) is 2.50. The predicted molar refractivity (Wildman–Crippen MR) is 81.4 cm³/mol. The van der Waals surface area contributed by atoms with Gasteiger partial charge in [-0.2, -0.15) is 0 Å². The number of nitrogens with zero attached hydrogens (tertiary/aromatic N) is 1. The molecule has 0 aromatic heterocycles. The van der Waals surface area contributed by atoms with E-state index in [1.807, 2.05) is 4.90 Å². The van der Waals surface area contributed by atoms with Crippen LogP contribution in [-0.2, 0) is 4.79 Å². The lowest BCUT2D eigenvalue weighted by Crippen LogP contribution is -2.36. The highest BCUT2D eigenvalue weighted by molar-refractivity contribution is 5.95. The number of nitrogens with two attached hydrogens (primary N) is 1. The standard InChI is InChI=1S/C15H21N3O3/c16-11-4-5-13(12(10-11)15(20)21)17-7-6-14(19)18-8-2-1-3-9-18/h4-5,10,17H,1-3,6-9,16H2,(H,20,21). The Kier molecular flexibility index (Phi) is 5.03. The quantitative estimate of drug-likeness (QED) is 0.719. The molecule has 0 atom stereocenters. The SMILES string of the molecule is Nc1ccc(NCCC(=O)N2CCCCC2)c(C(=O)O)c1. The number of amides is 1. The fourth-order valence-electron chi connectivity index (χ4n) is 2.50. The minimum atomic E-state index is -1.04. The maximum Gasteiger partial charge on any atom is 0.337 e. The molecule has 1 aliphatic rings. The summed E-state index contributed by atoms with van der Waals surface area (Å²) in [6.45, 7) is 2.09. The first-order valence-electron chi connectivity index (χ1n) is 7.22. The number of carbonyl (C=O) groups excluding carboxylic acids is 1. The van der Waals surface area contributed by atoms with Gasteiger partial charge < -0.3 is 21.1 Å². The summed E-state index contributed by atoms with van der Waals surface area (Å²) in [5.74, 6) is -0.915. The van der Waals surface area contributed by atoms with Crippen molar-refractivity contribution in [1.29, 1.82) is 0 Å². The van der Waals surface area contributed by atoms with Crippen LogP contribution >= 0.6 is 0 Å². The number of piperidine rings is 1. The van der Waals surface area contributed by atoms with Gasteiger partial charge in [0, 0.05) is 37.4 Å². The van der Waals surface area contributed by atoms with Gasteiger partial charge in [0.2, 0.25) is 5.91 Å². The number of benzene rings is 1. The second kappa shape index (κ2) is 6.97. The monoisotopic (exact) mass is 291 g/mol. The molecule has 0 aliphatic carbocycles. The topological polar surface area (TPSA) is 95.7 Å². The zero-order chi connectivity index (χ0) is 15.2. The lowest BCUT2D eigenvalue weighted by atomic mass is 10.1. The van der Waals surface area contributed by atoms with Gasteiger partial charge in [0.05, 0.1) is 5.56 Å². The number of aromatic carboxylic acids is 1. The number of likely N-dealkylation sites (tertiary alicyclic amines) is 1. The summed E-state index contributed by atoms with van der Waals surface area (Å²) in [7, 11) is 0. The van der Waals surface area contributed by atoms with Crippen molar-refractivity contribution in [3.05, 3.63) is 23.8 Å². The lowest BCUT2D eigenvalue weighted by Gasteiger charge is -2.26. The first-order valence-corrected chi connectivity index (χ1v) is 7.22. The zero-order valence-corrected chi connectivity index (χ0v) is 12.0. The van der Waals surface area contributed by atoms with E-state index in [9.17, 15) is 9.59 Å². The zero-order valence-electron chi connectivity index (χ0n) is 12.0. The summed E-state index contributed by atoms with van der Waals surface area (Å²) in [4.78, 5) is 25.0. The van der Waals surface area contributed by atoms with E-state index in [0.29, 0.717) is 24.3 Å². The molecule has 0 radical (unpaired) electrons. The molecule has 6 heteroatoms. The second-order valence-corrected chi connectivity index (χ2v) is 5.23. The number of carbonyl (C=O) groups is 2. The van der Waals surface area contributed by atoms with Crippen LogP contribution in [0.2, 0.25) is 0 Å². The van der Waals surface area contributed by atoms with Gasteiger partial charge in [0.15, 0.2) is 0 Å². The number of hydrogen-bond donors (Lipinski definition) is 3. The molecule has 2 rings (SSSR count). The van der Waals surface area contributed by atoms with E-state index < -0.39 is 5.97 Å². The third-order valence-electron chi connectivity index (χ3n) is 3.64. The summed E-state index contributed by atoms with van der Waals surface area (Å²) in [6.07, 6.45) is 3.69. The predicted octanol–water partition coefficient (Wildman–Crippen LogP) is 1.78. The molecule has 0 spiro atoms. The van der Waals surface area contributed by atoms with Gasteiger partial charge in [-0.15, -0.1) is 0 Å². The first kappa shape index (κ1) is 15.2. The average molecular weight is 291 g/mol. The van der Waals surface area contributed by atoms with Crippen LogP contribution < -0.4 is 11.1 Å². The van der Waals surface area contributed by atoms with Crippen molar-refractivity contribution in [3.63, 3.8) is 0 Å². The van der Waals surface area contributed by atoms with Crippen LogP contribution in [0, 0.1) is 0 Å². The van der Waals surface area contributed by atoms with E-state index in [-0.39, 0.29) is 11.5 Å². The van der Waals surface area contributed by atoms with Crippen molar-refractivity contribution < 1.29 is 14.7 Å². The smallest absolute Gasteiger partial charge is 0.337 e. The summed E-state index contributed by atoms with van der Waals surface area (Å²) in [5.41, 5.74) is 6.61. The second-order valence-electron chi connectivity index (χ2n) is 5.23. The van der Waals surface area contributed by atoms with E-state index in [2.05, 4.69) is 5.32 Å². The minimum Gasteiger partial charge on any atom is -0.478 e. The van der Waals surface area contributed by atoms with Crippen LogP contribution in [0.25, 0.3) is 0 Å². The van der Waals surface area contributed by atoms with Crippen molar-refractivity contribution in [2.24, 2.45) is 0 Å². The van der Waals surface area contributed by atoms with Gasteiger partial charge in [0.1, 0.15) is 0 Å². The van der Waals surface area contributed by atoms with Gasteiger partial charge >= 0.3 is 5.97 Å². The third-order valence-corrected chi connectivity index (χ3v) is 3.64. The number of nitrogen functional groups attached to an aromatic ring is 1. The molecule has 1 saturated heterocycles. The Labute approximate surface area is 123 Å². The van der Waals surface area contributed by atoms with Crippen molar-refractivity contribution in [2.45, 2.75) is 25.7 Å². The van der Waals surface area contributed by atoms with E-state index in [1.165, 1.54) is 12.5 Å². The highest BCUT2D eigenvalue weighted by Gasteiger charge is 2.16. The Morgan fingerprint density at radius 3 is 2.62 bits per heavy atom. The van der Waals surface area contributed by atoms with E-state index in [0.717, 1.165) is 25.9 Å². The molecule has 1 heterocycles. The van der Waals surface area contributed by atoms with Crippen LogP contribution in [0.1, 0.15) is 36.0 Å². The number of rotatable bonds is 5. The number of hydrogen-bond acceptors (Lipinski definition) is 4. The first-order chi connectivity index (χ1) is 10.1. The molecule has 1 aromatic rings. The van der Waals surface area contributed by atoms with Crippen LogP contribution in [0.3, 0.4) is 0 Å². The van der Waals surface area contributed by atoms with Crippen molar-refractivity contribution in [3.8, 4) is 0 Å². The molecule has 1 fully saturated rings. The van der Waals surface area contributed by atoms with Crippen LogP contribution in [-0.4, -0.2) is 41.5 Å². The van der Waals surface area contributed by atoms with Crippen molar-refractivity contribution >= 4 is 23.3 Å². The average Bonchev–Trinajstić information content (AvgIpc) is 2.49. The van der Waals surface area contributed by atoms with Gasteiger partial charge in [0.25, 0.3) is 0 Å². The van der Waals surface area contributed by atoms with Gasteiger partial charge in [-0.25, -0.2) is 4.79 Å². The number of carboxylic acids is 1. The molecule has 1 amide bonds. The molecule has 0 bridgehead atoms. The summed E-state index contributed by atoms with van der Waals surface area (Å²) < 4.78 is 0. The highest BCUT2D eigenvalue weighted by Crippen LogP contribution is 2.19. The molecule has 0 saturated carbocycles. The minimum absolute atomic E-state index is 0.120. The largest absolute Gasteiger partial charge is 0.478 e. The van der Waals surface area contributed by atoms with Crippen LogP contribution in [0.15, 0.2) is 18.2 Å². The van der Waals surface area contributed by atoms with Crippen molar-refractivity contribution in [1.82, 2.24) is 4.90 Å². The van der Waals surface area contributed by atoms with Crippen LogP contribution in [0.4, 0.5) is 11.4 Å².